The number of aliphatic hydroxyl groups excluding tert-OH is 1. The highest BCUT2D eigenvalue weighted by molar-refractivity contribution is 4.91. The number of rotatable bonds is 5. The number of aliphatic hydroxyl groups is 1. The second-order valence-electron chi connectivity index (χ2n) is 3.63. The Kier molecular flexibility index (Phi) is 5.60. The molecule has 0 radical (unpaired) electrons. The van der Waals surface area contributed by atoms with Crippen LogP contribution in [0.15, 0.2) is 0 Å². The average Bonchev–Trinajstić information content (AvgIpc) is 2.30. The monoisotopic (exact) mass is 236 g/mol. The van der Waals surface area contributed by atoms with E-state index in [9.17, 15) is 5.11 Å². The molecule has 0 aromatic heterocycles. The Labute approximate surface area is 95.4 Å². The van der Waals surface area contributed by atoms with Crippen LogP contribution in [0, 0.1) is 0 Å². The Morgan fingerprint density at radius 3 is 2.06 bits per heavy atom. The predicted octanol–water partition coefficient (Wildman–Crippen LogP) is -0.605. The van der Waals surface area contributed by atoms with Crippen LogP contribution >= 0.6 is 0 Å². The summed E-state index contributed by atoms with van der Waals surface area (Å²) in [5.74, 6) is 0. The van der Waals surface area contributed by atoms with Crippen molar-refractivity contribution in [2.24, 2.45) is 0 Å². The summed E-state index contributed by atoms with van der Waals surface area (Å²) < 4.78 is 26.1. The lowest BCUT2D eigenvalue weighted by Gasteiger charge is -2.42. The SMILES string of the molecule is COC[C@H]1O[C@@H](OC)[C@H](O)[C@@H](OC)[C@@H]1OC. The van der Waals surface area contributed by atoms with E-state index in [1.807, 2.05) is 0 Å². The molecule has 1 aliphatic rings. The number of hydrogen-bond acceptors (Lipinski definition) is 6. The summed E-state index contributed by atoms with van der Waals surface area (Å²) in [5, 5.41) is 9.92. The topological polar surface area (TPSA) is 66.4 Å². The summed E-state index contributed by atoms with van der Waals surface area (Å²) in [4.78, 5) is 0. The molecule has 0 spiro atoms. The quantitative estimate of drug-likeness (QED) is 0.687. The van der Waals surface area contributed by atoms with Crippen molar-refractivity contribution in [3.8, 4) is 0 Å². The summed E-state index contributed by atoms with van der Waals surface area (Å²) in [6.45, 7) is 0.352. The van der Waals surface area contributed by atoms with Crippen molar-refractivity contribution >= 4 is 0 Å². The van der Waals surface area contributed by atoms with Gasteiger partial charge in [0.15, 0.2) is 6.29 Å². The molecule has 0 bridgehead atoms. The molecule has 0 saturated carbocycles. The molecular weight excluding hydrogens is 216 g/mol. The lowest BCUT2D eigenvalue weighted by atomic mass is 9.99. The summed E-state index contributed by atoms with van der Waals surface area (Å²) in [5.41, 5.74) is 0. The normalized spacial score (nSPS) is 39.9. The fourth-order valence-electron chi connectivity index (χ4n) is 1.94. The zero-order valence-corrected chi connectivity index (χ0v) is 10.1. The van der Waals surface area contributed by atoms with Crippen LogP contribution in [-0.2, 0) is 23.7 Å². The number of hydrogen-bond donors (Lipinski definition) is 1. The third kappa shape index (κ3) is 2.71. The zero-order chi connectivity index (χ0) is 12.1. The molecule has 0 aliphatic carbocycles. The first kappa shape index (κ1) is 13.8. The largest absolute Gasteiger partial charge is 0.385 e. The minimum absolute atomic E-state index is 0.326. The van der Waals surface area contributed by atoms with Crippen LogP contribution in [0.25, 0.3) is 0 Å². The van der Waals surface area contributed by atoms with Gasteiger partial charge < -0.3 is 28.8 Å². The van der Waals surface area contributed by atoms with Crippen LogP contribution < -0.4 is 0 Å². The molecule has 16 heavy (non-hydrogen) atoms. The molecule has 1 rings (SSSR count). The summed E-state index contributed by atoms with van der Waals surface area (Å²) >= 11 is 0. The minimum atomic E-state index is -0.881. The Hall–Kier alpha value is -0.240. The lowest BCUT2D eigenvalue weighted by Crippen LogP contribution is -2.60. The molecule has 0 aromatic rings. The van der Waals surface area contributed by atoms with Gasteiger partial charge in [-0.25, -0.2) is 0 Å². The van der Waals surface area contributed by atoms with Gasteiger partial charge in [-0.15, -0.1) is 0 Å². The molecule has 1 heterocycles. The third-order valence-corrected chi connectivity index (χ3v) is 2.72. The van der Waals surface area contributed by atoms with Gasteiger partial charge in [-0.3, -0.25) is 0 Å². The standard InChI is InChI=1S/C10H20O6/c1-12-5-6-8(13-2)9(14-3)7(11)10(15-4)16-6/h6-11H,5H2,1-4H3/t6-,7-,8-,9-,10-/m1/s1. The maximum Gasteiger partial charge on any atom is 0.186 e. The molecule has 6 nitrogen and oxygen atoms in total. The maximum atomic E-state index is 9.92. The van der Waals surface area contributed by atoms with Gasteiger partial charge in [0.05, 0.1) is 6.61 Å². The molecule has 1 N–H and O–H groups in total. The minimum Gasteiger partial charge on any atom is -0.385 e. The van der Waals surface area contributed by atoms with E-state index in [0.717, 1.165) is 0 Å². The van der Waals surface area contributed by atoms with Crippen LogP contribution in [0.5, 0.6) is 0 Å². The Morgan fingerprint density at radius 1 is 1.00 bits per heavy atom. The highest BCUT2D eigenvalue weighted by atomic mass is 16.7. The van der Waals surface area contributed by atoms with E-state index < -0.39 is 18.5 Å². The van der Waals surface area contributed by atoms with Gasteiger partial charge in [0, 0.05) is 28.4 Å². The molecular formula is C10H20O6. The molecule has 0 aromatic carbocycles. The Morgan fingerprint density at radius 2 is 1.62 bits per heavy atom. The van der Waals surface area contributed by atoms with Crippen LogP contribution in [-0.4, -0.2) is 70.9 Å². The third-order valence-electron chi connectivity index (χ3n) is 2.72. The van der Waals surface area contributed by atoms with E-state index in [1.54, 1.807) is 14.2 Å². The summed E-state index contributed by atoms with van der Waals surface area (Å²) in [7, 11) is 6.10. The van der Waals surface area contributed by atoms with Crippen LogP contribution in [0.3, 0.4) is 0 Å². The van der Waals surface area contributed by atoms with Crippen LogP contribution in [0.4, 0.5) is 0 Å². The summed E-state index contributed by atoms with van der Waals surface area (Å²) in [6.07, 6.45) is -2.81. The van der Waals surface area contributed by atoms with E-state index >= 15 is 0 Å². The van der Waals surface area contributed by atoms with Gasteiger partial charge >= 0.3 is 0 Å². The van der Waals surface area contributed by atoms with Gasteiger partial charge in [0.1, 0.15) is 24.4 Å². The number of methoxy groups -OCH3 is 4. The first-order chi connectivity index (χ1) is 7.69. The zero-order valence-electron chi connectivity index (χ0n) is 10.1. The van der Waals surface area contributed by atoms with Crippen molar-refractivity contribution in [2.75, 3.05) is 35.0 Å². The average molecular weight is 236 g/mol. The molecule has 1 aliphatic heterocycles. The van der Waals surface area contributed by atoms with Crippen molar-refractivity contribution in [3.63, 3.8) is 0 Å². The van der Waals surface area contributed by atoms with Crippen molar-refractivity contribution in [2.45, 2.75) is 30.7 Å². The fraction of sp³-hybridized carbons (Fsp3) is 1.00. The van der Waals surface area contributed by atoms with E-state index in [4.69, 9.17) is 23.7 Å². The molecule has 1 fully saturated rings. The van der Waals surface area contributed by atoms with E-state index in [2.05, 4.69) is 0 Å². The van der Waals surface area contributed by atoms with Gasteiger partial charge in [-0.1, -0.05) is 0 Å². The van der Waals surface area contributed by atoms with Gasteiger partial charge in [-0.2, -0.15) is 0 Å². The van der Waals surface area contributed by atoms with E-state index in [1.165, 1.54) is 14.2 Å². The second kappa shape index (κ2) is 6.48. The second-order valence-corrected chi connectivity index (χ2v) is 3.63. The highest BCUT2D eigenvalue weighted by Gasteiger charge is 2.46. The van der Waals surface area contributed by atoms with Crippen molar-refractivity contribution in [3.05, 3.63) is 0 Å². The molecule has 0 amide bonds. The Bertz CT molecular complexity index is 196. The van der Waals surface area contributed by atoms with Gasteiger partial charge in [-0.05, 0) is 0 Å². The van der Waals surface area contributed by atoms with Gasteiger partial charge in [0.2, 0.25) is 0 Å². The lowest BCUT2D eigenvalue weighted by molar-refractivity contribution is -0.302. The van der Waals surface area contributed by atoms with Crippen molar-refractivity contribution < 1.29 is 28.8 Å². The van der Waals surface area contributed by atoms with E-state index in [0.29, 0.717) is 6.61 Å². The molecule has 1 saturated heterocycles. The molecule has 6 heteroatoms. The predicted molar refractivity (Wildman–Crippen MR) is 55.1 cm³/mol. The molecule has 5 atom stereocenters. The molecule has 96 valence electrons. The number of ether oxygens (including phenoxy) is 5. The van der Waals surface area contributed by atoms with Crippen molar-refractivity contribution in [1.82, 2.24) is 0 Å². The van der Waals surface area contributed by atoms with Crippen LogP contribution in [0.2, 0.25) is 0 Å². The smallest absolute Gasteiger partial charge is 0.186 e. The Balaban J connectivity index is 2.77. The summed E-state index contributed by atoms with van der Waals surface area (Å²) in [6, 6.07) is 0. The maximum absolute atomic E-state index is 9.92. The first-order valence-corrected chi connectivity index (χ1v) is 5.10. The first-order valence-electron chi connectivity index (χ1n) is 5.10. The fourth-order valence-corrected chi connectivity index (χ4v) is 1.94. The van der Waals surface area contributed by atoms with Gasteiger partial charge in [0.25, 0.3) is 0 Å². The van der Waals surface area contributed by atoms with E-state index in [-0.39, 0.29) is 12.2 Å². The van der Waals surface area contributed by atoms with Crippen LogP contribution in [0.1, 0.15) is 0 Å². The highest BCUT2D eigenvalue weighted by Crippen LogP contribution is 2.25. The molecule has 0 unspecified atom stereocenters. The van der Waals surface area contributed by atoms with Crippen molar-refractivity contribution in [1.29, 1.82) is 0 Å².